The second kappa shape index (κ2) is 6.44. The highest BCUT2D eigenvalue weighted by molar-refractivity contribution is 5.82. The van der Waals surface area contributed by atoms with Crippen LogP contribution in [0.3, 0.4) is 0 Å². The van der Waals surface area contributed by atoms with Crippen molar-refractivity contribution < 1.29 is 19.8 Å². The number of carboxylic acid groups (broad SMARTS) is 1. The van der Waals surface area contributed by atoms with E-state index in [0.717, 1.165) is 19.3 Å². The van der Waals surface area contributed by atoms with Crippen molar-refractivity contribution in [2.75, 3.05) is 13.2 Å². The molecule has 0 bridgehead atoms. The van der Waals surface area contributed by atoms with Gasteiger partial charge in [-0.05, 0) is 32.6 Å². The minimum atomic E-state index is -1.05. The first-order valence-electron chi connectivity index (χ1n) is 5.97. The predicted molar refractivity (Wildman–Crippen MR) is 61.7 cm³/mol. The number of aliphatic hydroxyl groups is 1. The lowest BCUT2D eigenvalue weighted by molar-refractivity contribution is -0.138. The van der Waals surface area contributed by atoms with Gasteiger partial charge in [-0.3, -0.25) is 4.79 Å². The van der Waals surface area contributed by atoms with E-state index in [0.29, 0.717) is 13.0 Å². The van der Waals surface area contributed by atoms with E-state index in [2.05, 4.69) is 5.32 Å². The van der Waals surface area contributed by atoms with Gasteiger partial charge in [0.05, 0.1) is 0 Å². The van der Waals surface area contributed by atoms with Crippen LogP contribution in [-0.4, -0.2) is 52.3 Å². The molecule has 6 nitrogen and oxygen atoms in total. The van der Waals surface area contributed by atoms with Crippen LogP contribution >= 0.6 is 0 Å². The zero-order valence-electron chi connectivity index (χ0n) is 10.1. The number of carboxylic acids is 1. The molecule has 0 aromatic rings. The third kappa shape index (κ3) is 3.89. The van der Waals surface area contributed by atoms with E-state index >= 15 is 0 Å². The van der Waals surface area contributed by atoms with Gasteiger partial charge in [-0.2, -0.15) is 0 Å². The summed E-state index contributed by atoms with van der Waals surface area (Å²) in [5, 5.41) is 20.0. The molecular formula is C11H20N2O4. The average molecular weight is 244 g/mol. The van der Waals surface area contributed by atoms with Crippen molar-refractivity contribution in [3.63, 3.8) is 0 Å². The number of rotatable bonds is 6. The number of nitrogens with one attached hydrogen (secondary N) is 1. The van der Waals surface area contributed by atoms with Crippen molar-refractivity contribution in [1.82, 2.24) is 10.2 Å². The first-order valence-corrected chi connectivity index (χ1v) is 5.97. The minimum absolute atomic E-state index is 0.0327. The van der Waals surface area contributed by atoms with Gasteiger partial charge in [0, 0.05) is 19.2 Å². The molecule has 6 heteroatoms. The predicted octanol–water partition coefficient (Wildman–Crippen LogP) is 0.406. The van der Waals surface area contributed by atoms with Crippen molar-refractivity contribution in [2.45, 2.75) is 44.7 Å². The first-order chi connectivity index (χ1) is 8.06. The van der Waals surface area contributed by atoms with E-state index < -0.39 is 12.0 Å². The van der Waals surface area contributed by atoms with Gasteiger partial charge >= 0.3 is 12.0 Å². The second-order valence-corrected chi connectivity index (χ2v) is 4.36. The molecule has 0 spiro atoms. The number of nitrogens with zero attached hydrogens (tertiary/aromatic N) is 1. The van der Waals surface area contributed by atoms with Crippen LogP contribution in [0, 0.1) is 0 Å². The summed E-state index contributed by atoms with van der Waals surface area (Å²) in [6.45, 7) is 1.94. The van der Waals surface area contributed by atoms with Crippen molar-refractivity contribution in [3.05, 3.63) is 0 Å². The number of urea groups is 1. The van der Waals surface area contributed by atoms with E-state index in [-0.39, 0.29) is 18.7 Å². The quantitative estimate of drug-likeness (QED) is 0.631. The van der Waals surface area contributed by atoms with Gasteiger partial charge in [0.1, 0.15) is 6.04 Å². The van der Waals surface area contributed by atoms with Crippen LogP contribution < -0.4 is 5.32 Å². The molecule has 1 aliphatic rings. The number of hydrogen-bond donors (Lipinski definition) is 3. The Morgan fingerprint density at radius 3 is 2.53 bits per heavy atom. The van der Waals surface area contributed by atoms with Gasteiger partial charge in [0.15, 0.2) is 0 Å². The lowest BCUT2D eigenvalue weighted by Gasteiger charge is -2.37. The summed E-state index contributed by atoms with van der Waals surface area (Å²) in [6.07, 6.45) is 3.54. The largest absolute Gasteiger partial charge is 0.480 e. The molecule has 0 aromatic heterocycles. The maximum atomic E-state index is 11.9. The van der Waals surface area contributed by atoms with Crippen LogP contribution in [0.5, 0.6) is 0 Å². The Labute approximate surface area is 101 Å². The van der Waals surface area contributed by atoms with Gasteiger partial charge in [-0.15, -0.1) is 0 Å². The van der Waals surface area contributed by atoms with Gasteiger partial charge in [-0.25, -0.2) is 4.79 Å². The third-order valence-corrected chi connectivity index (χ3v) is 3.04. The summed E-state index contributed by atoms with van der Waals surface area (Å²) in [5.41, 5.74) is 0. The van der Waals surface area contributed by atoms with Gasteiger partial charge in [0.2, 0.25) is 0 Å². The van der Waals surface area contributed by atoms with E-state index in [9.17, 15) is 9.59 Å². The smallest absolute Gasteiger partial charge is 0.325 e. The highest BCUT2D eigenvalue weighted by Crippen LogP contribution is 2.24. The molecule has 0 aromatic carbocycles. The van der Waals surface area contributed by atoms with E-state index in [1.165, 1.54) is 6.92 Å². The second-order valence-electron chi connectivity index (χ2n) is 4.36. The molecule has 1 fully saturated rings. The van der Waals surface area contributed by atoms with Crippen molar-refractivity contribution in [2.24, 2.45) is 0 Å². The normalized spacial score (nSPS) is 17.1. The molecule has 1 rings (SSSR count). The standard InChI is InChI=1S/C11H20N2O4/c1-8(10(15)16)12-11(17)13(6-3-7-14)9-4-2-5-9/h8-9,14H,2-7H2,1H3,(H,12,17)(H,15,16)/t8-/m0/s1. The molecule has 1 atom stereocenters. The molecular weight excluding hydrogens is 224 g/mol. The van der Waals surface area contributed by atoms with Crippen LogP contribution in [0.2, 0.25) is 0 Å². The van der Waals surface area contributed by atoms with Crippen LogP contribution in [0.4, 0.5) is 4.79 Å². The molecule has 1 aliphatic carbocycles. The van der Waals surface area contributed by atoms with Crippen LogP contribution in [0.1, 0.15) is 32.6 Å². The number of carbonyl (C=O) groups is 2. The zero-order valence-corrected chi connectivity index (χ0v) is 10.1. The summed E-state index contributed by atoms with van der Waals surface area (Å²) >= 11 is 0. The number of hydrogen-bond acceptors (Lipinski definition) is 3. The topological polar surface area (TPSA) is 89.9 Å². The maximum absolute atomic E-state index is 11.9. The summed E-state index contributed by atoms with van der Waals surface area (Å²) < 4.78 is 0. The Morgan fingerprint density at radius 1 is 1.47 bits per heavy atom. The van der Waals surface area contributed by atoms with E-state index in [4.69, 9.17) is 10.2 Å². The zero-order chi connectivity index (χ0) is 12.8. The Hall–Kier alpha value is -1.30. The fourth-order valence-corrected chi connectivity index (χ4v) is 1.72. The Morgan fingerprint density at radius 2 is 2.12 bits per heavy atom. The first kappa shape index (κ1) is 13.8. The van der Waals surface area contributed by atoms with Crippen LogP contribution in [0.25, 0.3) is 0 Å². The molecule has 0 aliphatic heterocycles. The minimum Gasteiger partial charge on any atom is -0.480 e. The van der Waals surface area contributed by atoms with Crippen LogP contribution in [0.15, 0.2) is 0 Å². The molecule has 98 valence electrons. The molecule has 3 N–H and O–H groups in total. The lowest BCUT2D eigenvalue weighted by atomic mass is 9.91. The summed E-state index contributed by atoms with van der Waals surface area (Å²) in [7, 11) is 0. The Bertz CT molecular complexity index is 279. The number of carbonyl (C=O) groups excluding carboxylic acids is 1. The van der Waals surface area contributed by atoms with Crippen molar-refractivity contribution >= 4 is 12.0 Å². The van der Waals surface area contributed by atoms with Crippen LogP contribution in [-0.2, 0) is 4.79 Å². The lowest BCUT2D eigenvalue weighted by Crippen LogP contribution is -2.52. The molecule has 17 heavy (non-hydrogen) atoms. The van der Waals surface area contributed by atoms with Crippen molar-refractivity contribution in [3.8, 4) is 0 Å². The Balaban J connectivity index is 2.49. The molecule has 0 heterocycles. The molecule has 0 unspecified atom stereocenters. The molecule has 0 radical (unpaired) electrons. The highest BCUT2D eigenvalue weighted by atomic mass is 16.4. The van der Waals surface area contributed by atoms with E-state index in [1.807, 2.05) is 0 Å². The fraction of sp³-hybridized carbons (Fsp3) is 0.818. The molecule has 2 amide bonds. The van der Waals surface area contributed by atoms with Crippen molar-refractivity contribution in [1.29, 1.82) is 0 Å². The number of aliphatic hydroxyl groups excluding tert-OH is 1. The summed E-state index contributed by atoms with van der Waals surface area (Å²) in [4.78, 5) is 24.2. The molecule has 0 saturated heterocycles. The van der Waals surface area contributed by atoms with E-state index in [1.54, 1.807) is 4.90 Å². The van der Waals surface area contributed by atoms with Gasteiger partial charge in [-0.1, -0.05) is 0 Å². The SMILES string of the molecule is C[C@H](NC(=O)N(CCCO)C1CCC1)C(=O)O. The summed E-state index contributed by atoms with van der Waals surface area (Å²) in [6, 6.07) is -1.04. The average Bonchev–Trinajstić information content (AvgIpc) is 2.20. The third-order valence-electron chi connectivity index (χ3n) is 3.04. The van der Waals surface area contributed by atoms with Gasteiger partial charge < -0.3 is 20.4 Å². The number of aliphatic carboxylic acids is 1. The summed E-state index contributed by atoms with van der Waals surface area (Å²) in [5.74, 6) is -1.05. The Kier molecular flexibility index (Phi) is 5.21. The fourth-order valence-electron chi connectivity index (χ4n) is 1.72. The molecule has 1 saturated carbocycles. The number of amides is 2. The highest BCUT2D eigenvalue weighted by Gasteiger charge is 2.29. The van der Waals surface area contributed by atoms with Gasteiger partial charge in [0.25, 0.3) is 0 Å². The monoisotopic (exact) mass is 244 g/mol. The maximum Gasteiger partial charge on any atom is 0.325 e.